The van der Waals surface area contributed by atoms with Gasteiger partial charge in [-0.15, -0.1) is 0 Å². The SMILES string of the molecule is COc1cc(NCCC(=O)Nc2ccc(C)cn2)c([N+](=O)[O-])cc1F. The van der Waals surface area contributed by atoms with Crippen LogP contribution < -0.4 is 15.4 Å². The monoisotopic (exact) mass is 348 g/mol. The van der Waals surface area contributed by atoms with E-state index < -0.39 is 16.4 Å². The number of halogens is 1. The highest BCUT2D eigenvalue weighted by Crippen LogP contribution is 2.31. The maximum Gasteiger partial charge on any atom is 0.295 e. The predicted octanol–water partition coefficient (Wildman–Crippen LogP) is 2.89. The van der Waals surface area contributed by atoms with E-state index in [4.69, 9.17) is 4.74 Å². The molecule has 2 rings (SSSR count). The largest absolute Gasteiger partial charge is 0.494 e. The molecule has 25 heavy (non-hydrogen) atoms. The van der Waals surface area contributed by atoms with E-state index in [1.165, 1.54) is 13.2 Å². The maximum absolute atomic E-state index is 13.6. The number of nitro groups is 1. The molecule has 132 valence electrons. The zero-order chi connectivity index (χ0) is 18.4. The number of carbonyl (C=O) groups is 1. The molecule has 8 nitrogen and oxygen atoms in total. The fourth-order valence-electron chi connectivity index (χ4n) is 2.05. The standard InChI is InChI=1S/C16H17FN4O4/c1-10-3-4-15(19-9-10)20-16(22)5-6-18-12-8-14(25-2)11(17)7-13(12)21(23)24/h3-4,7-9,18H,5-6H2,1-2H3,(H,19,20,22). The highest BCUT2D eigenvalue weighted by molar-refractivity contribution is 5.90. The quantitative estimate of drug-likeness (QED) is 0.589. The lowest BCUT2D eigenvalue weighted by molar-refractivity contribution is -0.384. The zero-order valence-electron chi connectivity index (χ0n) is 13.7. The van der Waals surface area contributed by atoms with Gasteiger partial charge in [0.25, 0.3) is 5.69 Å². The van der Waals surface area contributed by atoms with E-state index in [0.717, 1.165) is 11.6 Å². The van der Waals surface area contributed by atoms with Crippen molar-refractivity contribution >= 4 is 23.1 Å². The van der Waals surface area contributed by atoms with Crippen molar-refractivity contribution in [2.24, 2.45) is 0 Å². The highest BCUT2D eigenvalue weighted by atomic mass is 19.1. The molecule has 0 saturated heterocycles. The maximum atomic E-state index is 13.6. The van der Waals surface area contributed by atoms with Crippen LogP contribution in [0.25, 0.3) is 0 Å². The molecular weight excluding hydrogens is 331 g/mol. The number of carbonyl (C=O) groups excluding carboxylic acids is 1. The van der Waals surface area contributed by atoms with Gasteiger partial charge in [-0.25, -0.2) is 9.37 Å². The second kappa shape index (κ2) is 8.04. The minimum Gasteiger partial charge on any atom is -0.494 e. The lowest BCUT2D eigenvalue weighted by Crippen LogP contribution is -2.17. The van der Waals surface area contributed by atoms with Crippen LogP contribution in [0.5, 0.6) is 5.75 Å². The van der Waals surface area contributed by atoms with Gasteiger partial charge in [0.1, 0.15) is 11.5 Å². The fraction of sp³-hybridized carbons (Fsp3) is 0.250. The van der Waals surface area contributed by atoms with Crippen molar-refractivity contribution in [1.29, 1.82) is 0 Å². The van der Waals surface area contributed by atoms with E-state index in [1.807, 2.05) is 13.0 Å². The van der Waals surface area contributed by atoms with E-state index >= 15 is 0 Å². The molecule has 1 heterocycles. The van der Waals surface area contributed by atoms with E-state index in [9.17, 15) is 19.3 Å². The molecule has 1 aromatic carbocycles. The molecule has 0 bridgehead atoms. The van der Waals surface area contributed by atoms with Gasteiger partial charge in [0.05, 0.1) is 18.1 Å². The van der Waals surface area contributed by atoms with E-state index in [2.05, 4.69) is 15.6 Å². The Morgan fingerprint density at radius 1 is 1.40 bits per heavy atom. The van der Waals surface area contributed by atoms with Gasteiger partial charge >= 0.3 is 0 Å². The number of ether oxygens (including phenoxy) is 1. The summed E-state index contributed by atoms with van der Waals surface area (Å²) in [5, 5.41) is 16.4. The van der Waals surface area contributed by atoms with Gasteiger partial charge in [-0.3, -0.25) is 14.9 Å². The molecule has 0 unspecified atom stereocenters. The number of benzene rings is 1. The Bertz CT molecular complexity index is 780. The van der Waals surface area contributed by atoms with E-state index in [0.29, 0.717) is 5.82 Å². The molecule has 0 aliphatic carbocycles. The Morgan fingerprint density at radius 2 is 2.16 bits per heavy atom. The van der Waals surface area contributed by atoms with Crippen LogP contribution in [0.15, 0.2) is 30.5 Å². The van der Waals surface area contributed by atoms with Crippen LogP contribution in [0.1, 0.15) is 12.0 Å². The smallest absolute Gasteiger partial charge is 0.295 e. The average Bonchev–Trinajstić information content (AvgIpc) is 2.57. The van der Waals surface area contributed by atoms with E-state index in [-0.39, 0.29) is 30.3 Å². The summed E-state index contributed by atoms with van der Waals surface area (Å²) in [5.41, 5.74) is 0.612. The highest BCUT2D eigenvalue weighted by Gasteiger charge is 2.19. The first-order valence-electron chi connectivity index (χ1n) is 7.39. The number of methoxy groups -OCH3 is 1. The van der Waals surface area contributed by atoms with Gasteiger partial charge in [0.2, 0.25) is 5.91 Å². The summed E-state index contributed by atoms with van der Waals surface area (Å²) in [4.78, 5) is 26.2. The minimum absolute atomic E-state index is 0.0480. The molecule has 0 saturated carbocycles. The third-order valence-corrected chi connectivity index (χ3v) is 3.31. The van der Waals surface area contributed by atoms with Crippen molar-refractivity contribution in [2.45, 2.75) is 13.3 Å². The molecule has 0 spiro atoms. The molecule has 0 radical (unpaired) electrons. The van der Waals surface area contributed by atoms with Gasteiger partial charge in [0.15, 0.2) is 11.6 Å². The van der Waals surface area contributed by atoms with Gasteiger partial charge in [0, 0.05) is 25.2 Å². The third kappa shape index (κ3) is 4.87. The molecule has 2 N–H and O–H groups in total. The summed E-state index contributed by atoms with van der Waals surface area (Å²) in [5.74, 6) is -0.838. The summed E-state index contributed by atoms with van der Waals surface area (Å²) in [6.07, 6.45) is 1.68. The molecule has 0 aliphatic heterocycles. The third-order valence-electron chi connectivity index (χ3n) is 3.31. The molecule has 9 heteroatoms. The van der Waals surface area contributed by atoms with Crippen molar-refractivity contribution in [3.63, 3.8) is 0 Å². The Labute approximate surface area is 143 Å². The second-order valence-electron chi connectivity index (χ2n) is 5.21. The van der Waals surface area contributed by atoms with Gasteiger partial charge in [-0.2, -0.15) is 0 Å². The number of aryl methyl sites for hydroxylation is 1. The van der Waals surface area contributed by atoms with Gasteiger partial charge in [-0.1, -0.05) is 6.07 Å². The molecule has 1 amide bonds. The van der Waals surface area contributed by atoms with E-state index in [1.54, 1.807) is 12.3 Å². The summed E-state index contributed by atoms with van der Waals surface area (Å²) >= 11 is 0. The van der Waals surface area contributed by atoms with Crippen molar-refractivity contribution < 1.29 is 18.8 Å². The topological polar surface area (TPSA) is 106 Å². The number of amides is 1. The first-order valence-corrected chi connectivity index (χ1v) is 7.39. The van der Waals surface area contributed by atoms with Crippen molar-refractivity contribution in [3.05, 3.63) is 52.0 Å². The van der Waals surface area contributed by atoms with Crippen LogP contribution in [0.2, 0.25) is 0 Å². The summed E-state index contributed by atoms with van der Waals surface area (Å²) in [6, 6.07) is 5.45. The lowest BCUT2D eigenvalue weighted by atomic mass is 10.2. The number of aromatic nitrogens is 1. The summed E-state index contributed by atoms with van der Waals surface area (Å²) in [6.45, 7) is 2.00. The van der Waals surface area contributed by atoms with Crippen molar-refractivity contribution in [1.82, 2.24) is 4.98 Å². The Kier molecular flexibility index (Phi) is 5.83. The van der Waals surface area contributed by atoms with Gasteiger partial charge < -0.3 is 15.4 Å². The van der Waals surface area contributed by atoms with Crippen LogP contribution >= 0.6 is 0 Å². The van der Waals surface area contributed by atoms with Gasteiger partial charge in [-0.05, 0) is 18.6 Å². The number of anilines is 2. The molecule has 2 aromatic rings. The fourth-order valence-corrected chi connectivity index (χ4v) is 2.05. The summed E-state index contributed by atoms with van der Waals surface area (Å²) in [7, 11) is 1.26. The molecule has 1 aromatic heterocycles. The van der Waals surface area contributed by atoms with Crippen LogP contribution in [0.3, 0.4) is 0 Å². The molecular formula is C16H17FN4O4. The number of nitrogens with zero attached hydrogens (tertiary/aromatic N) is 2. The summed E-state index contributed by atoms with van der Waals surface area (Å²) < 4.78 is 18.4. The van der Waals surface area contributed by atoms with Crippen LogP contribution in [-0.2, 0) is 4.79 Å². The Morgan fingerprint density at radius 3 is 2.76 bits per heavy atom. The number of nitro benzene ring substituents is 1. The number of hydrogen-bond acceptors (Lipinski definition) is 6. The van der Waals surface area contributed by atoms with Crippen LogP contribution in [0.4, 0.5) is 21.6 Å². The first-order chi connectivity index (χ1) is 11.9. The lowest BCUT2D eigenvalue weighted by Gasteiger charge is -2.10. The Balaban J connectivity index is 1.97. The zero-order valence-corrected chi connectivity index (χ0v) is 13.7. The minimum atomic E-state index is -0.831. The number of pyridine rings is 1. The van der Waals surface area contributed by atoms with Crippen molar-refractivity contribution in [3.8, 4) is 5.75 Å². The van der Waals surface area contributed by atoms with Crippen LogP contribution in [-0.4, -0.2) is 29.5 Å². The van der Waals surface area contributed by atoms with Crippen LogP contribution in [0, 0.1) is 22.9 Å². The molecule has 0 aliphatic rings. The normalized spacial score (nSPS) is 10.2. The predicted molar refractivity (Wildman–Crippen MR) is 90.3 cm³/mol. The number of hydrogen-bond donors (Lipinski definition) is 2. The molecule has 0 fully saturated rings. The number of rotatable bonds is 7. The average molecular weight is 348 g/mol. The number of nitrogens with one attached hydrogen (secondary N) is 2. The first kappa shape index (κ1) is 18.1. The Hall–Kier alpha value is -3.23. The molecule has 0 atom stereocenters. The van der Waals surface area contributed by atoms with Crippen molar-refractivity contribution in [2.75, 3.05) is 24.3 Å². The second-order valence-corrected chi connectivity index (χ2v) is 5.21.